The van der Waals surface area contributed by atoms with E-state index in [1.165, 1.54) is 0 Å². The Labute approximate surface area is 164 Å². The van der Waals surface area contributed by atoms with E-state index < -0.39 is 0 Å². The molecule has 1 amide bonds. The number of aliphatic imine (C=N–C) groups is 1. The lowest BCUT2D eigenvalue weighted by Crippen LogP contribution is -2.42. The zero-order valence-corrected chi connectivity index (χ0v) is 17.8. The van der Waals surface area contributed by atoms with Gasteiger partial charge in [0.2, 0.25) is 0 Å². The van der Waals surface area contributed by atoms with E-state index in [-0.39, 0.29) is 29.9 Å². The zero-order valence-electron chi connectivity index (χ0n) is 13.9. The molecule has 0 spiro atoms. The molecular formula is C16H26BrIN4O. The molecule has 5 nitrogen and oxygen atoms in total. The molecule has 7 heteroatoms. The second-order valence-electron chi connectivity index (χ2n) is 5.07. The lowest BCUT2D eigenvalue weighted by atomic mass is 10.2. The third-order valence-corrected chi connectivity index (χ3v) is 3.79. The highest BCUT2D eigenvalue weighted by molar-refractivity contribution is 14.0. The summed E-state index contributed by atoms with van der Waals surface area (Å²) in [6, 6.07) is 7.72. The van der Waals surface area contributed by atoms with Gasteiger partial charge in [0, 0.05) is 36.2 Å². The van der Waals surface area contributed by atoms with Crippen molar-refractivity contribution in [1.82, 2.24) is 16.0 Å². The van der Waals surface area contributed by atoms with E-state index in [9.17, 15) is 4.79 Å². The molecule has 130 valence electrons. The molecule has 0 aliphatic carbocycles. The SMILES string of the molecule is CCC(C)NC(=NC)NCCCNC(=O)c1ccc(Br)cc1.I. The average molecular weight is 497 g/mol. The van der Waals surface area contributed by atoms with Gasteiger partial charge < -0.3 is 16.0 Å². The van der Waals surface area contributed by atoms with Crippen molar-refractivity contribution >= 4 is 51.8 Å². The first-order chi connectivity index (χ1) is 10.6. The fourth-order valence-electron chi connectivity index (χ4n) is 1.73. The first-order valence-electron chi connectivity index (χ1n) is 7.57. The lowest BCUT2D eigenvalue weighted by Gasteiger charge is -2.16. The fourth-order valence-corrected chi connectivity index (χ4v) is 1.99. The number of halogens is 2. The summed E-state index contributed by atoms with van der Waals surface area (Å²) >= 11 is 3.35. The minimum absolute atomic E-state index is 0. The topological polar surface area (TPSA) is 65.5 Å². The first-order valence-corrected chi connectivity index (χ1v) is 8.37. The highest BCUT2D eigenvalue weighted by atomic mass is 127. The Balaban J connectivity index is 0.00000484. The van der Waals surface area contributed by atoms with Crippen LogP contribution < -0.4 is 16.0 Å². The summed E-state index contributed by atoms with van der Waals surface area (Å²) in [7, 11) is 1.76. The maximum atomic E-state index is 11.9. The zero-order chi connectivity index (χ0) is 16.4. The molecule has 23 heavy (non-hydrogen) atoms. The van der Waals surface area contributed by atoms with Crippen LogP contribution in [0, 0.1) is 0 Å². The van der Waals surface area contributed by atoms with E-state index in [4.69, 9.17) is 0 Å². The number of benzene rings is 1. The normalized spacial score (nSPS) is 12.1. The third kappa shape index (κ3) is 9.14. The number of nitrogens with one attached hydrogen (secondary N) is 3. The quantitative estimate of drug-likeness (QED) is 0.235. The second-order valence-corrected chi connectivity index (χ2v) is 5.98. The largest absolute Gasteiger partial charge is 0.356 e. The van der Waals surface area contributed by atoms with Crippen LogP contribution >= 0.6 is 39.9 Å². The van der Waals surface area contributed by atoms with Crippen LogP contribution in [-0.2, 0) is 0 Å². The highest BCUT2D eigenvalue weighted by Gasteiger charge is 2.05. The van der Waals surface area contributed by atoms with E-state index >= 15 is 0 Å². The van der Waals surface area contributed by atoms with Crippen molar-refractivity contribution in [1.29, 1.82) is 0 Å². The molecule has 3 N–H and O–H groups in total. The maximum Gasteiger partial charge on any atom is 0.251 e. The summed E-state index contributed by atoms with van der Waals surface area (Å²) in [6.45, 7) is 5.63. The van der Waals surface area contributed by atoms with Crippen LogP contribution in [0.4, 0.5) is 0 Å². The van der Waals surface area contributed by atoms with Gasteiger partial charge in [-0.15, -0.1) is 24.0 Å². The average Bonchev–Trinajstić information content (AvgIpc) is 2.53. The minimum Gasteiger partial charge on any atom is -0.356 e. The molecule has 0 aromatic heterocycles. The maximum absolute atomic E-state index is 11.9. The van der Waals surface area contributed by atoms with Gasteiger partial charge in [0.25, 0.3) is 5.91 Å². The van der Waals surface area contributed by atoms with Crippen molar-refractivity contribution in [3.05, 3.63) is 34.3 Å². The fraction of sp³-hybridized carbons (Fsp3) is 0.500. The molecule has 1 aromatic carbocycles. The van der Waals surface area contributed by atoms with Crippen LogP contribution in [0.25, 0.3) is 0 Å². The smallest absolute Gasteiger partial charge is 0.251 e. The molecule has 1 aromatic rings. The Morgan fingerprint density at radius 3 is 2.39 bits per heavy atom. The van der Waals surface area contributed by atoms with Gasteiger partial charge in [-0.25, -0.2) is 0 Å². The number of rotatable bonds is 7. The van der Waals surface area contributed by atoms with E-state index in [2.05, 4.69) is 50.7 Å². The van der Waals surface area contributed by atoms with Crippen molar-refractivity contribution in [2.75, 3.05) is 20.1 Å². The van der Waals surface area contributed by atoms with Gasteiger partial charge >= 0.3 is 0 Å². The summed E-state index contributed by atoms with van der Waals surface area (Å²) in [5.74, 6) is 0.753. The molecule has 0 radical (unpaired) electrons. The minimum atomic E-state index is -0.0467. The molecule has 0 aliphatic heterocycles. The highest BCUT2D eigenvalue weighted by Crippen LogP contribution is 2.10. The molecule has 0 saturated carbocycles. The van der Waals surface area contributed by atoms with E-state index in [0.717, 1.165) is 29.8 Å². The number of nitrogens with zero attached hydrogens (tertiary/aromatic N) is 1. The van der Waals surface area contributed by atoms with Crippen LogP contribution in [0.1, 0.15) is 37.0 Å². The van der Waals surface area contributed by atoms with Crippen molar-refractivity contribution in [2.45, 2.75) is 32.7 Å². The number of carbonyl (C=O) groups is 1. The standard InChI is InChI=1S/C16H25BrN4O.HI/c1-4-12(2)21-16(18-3)20-11-5-10-19-15(22)13-6-8-14(17)9-7-13;/h6-9,12H,4-5,10-11H2,1-3H3,(H,19,22)(H2,18,20,21);1H. The van der Waals surface area contributed by atoms with Crippen molar-refractivity contribution in [2.24, 2.45) is 4.99 Å². The summed E-state index contributed by atoms with van der Waals surface area (Å²) in [5, 5.41) is 9.44. The molecule has 1 rings (SSSR count). The van der Waals surface area contributed by atoms with Crippen LogP contribution in [0.15, 0.2) is 33.7 Å². The van der Waals surface area contributed by atoms with Crippen LogP contribution in [0.5, 0.6) is 0 Å². The number of hydrogen-bond acceptors (Lipinski definition) is 2. The summed E-state index contributed by atoms with van der Waals surface area (Å²) < 4.78 is 0.966. The van der Waals surface area contributed by atoms with E-state index in [1.54, 1.807) is 19.2 Å². The molecule has 0 bridgehead atoms. The van der Waals surface area contributed by atoms with Gasteiger partial charge in [0.05, 0.1) is 0 Å². The Kier molecular flexibility index (Phi) is 12.1. The van der Waals surface area contributed by atoms with Gasteiger partial charge in [0.15, 0.2) is 5.96 Å². The van der Waals surface area contributed by atoms with Crippen LogP contribution in [0.3, 0.4) is 0 Å². The molecular weight excluding hydrogens is 471 g/mol. The van der Waals surface area contributed by atoms with Gasteiger partial charge in [0.1, 0.15) is 0 Å². The predicted molar refractivity (Wildman–Crippen MR) is 111 cm³/mol. The monoisotopic (exact) mass is 496 g/mol. The van der Waals surface area contributed by atoms with Crippen LogP contribution in [-0.4, -0.2) is 38.0 Å². The summed E-state index contributed by atoms with van der Waals surface area (Å²) in [4.78, 5) is 16.1. The predicted octanol–water partition coefficient (Wildman–Crippen LogP) is 3.15. The third-order valence-electron chi connectivity index (χ3n) is 3.26. The van der Waals surface area contributed by atoms with Gasteiger partial charge in [-0.05, 0) is 44.0 Å². The van der Waals surface area contributed by atoms with Gasteiger partial charge in [-0.1, -0.05) is 22.9 Å². The van der Waals surface area contributed by atoms with E-state index in [1.807, 2.05) is 12.1 Å². The van der Waals surface area contributed by atoms with Gasteiger partial charge in [-0.3, -0.25) is 9.79 Å². The lowest BCUT2D eigenvalue weighted by molar-refractivity contribution is 0.0953. The number of carbonyl (C=O) groups excluding carboxylic acids is 1. The Morgan fingerprint density at radius 1 is 1.22 bits per heavy atom. The van der Waals surface area contributed by atoms with Crippen LogP contribution in [0.2, 0.25) is 0 Å². The Bertz CT molecular complexity index is 493. The molecule has 0 fully saturated rings. The molecule has 0 saturated heterocycles. The number of amides is 1. The molecule has 1 atom stereocenters. The summed E-state index contributed by atoms with van der Waals surface area (Å²) in [5.41, 5.74) is 0.672. The van der Waals surface area contributed by atoms with Crippen molar-refractivity contribution in [3.8, 4) is 0 Å². The van der Waals surface area contributed by atoms with E-state index in [0.29, 0.717) is 18.2 Å². The summed E-state index contributed by atoms with van der Waals surface area (Å²) in [6.07, 6.45) is 1.88. The number of guanidine groups is 1. The Hall–Kier alpha value is -0.830. The molecule has 0 aliphatic rings. The van der Waals surface area contributed by atoms with Gasteiger partial charge in [-0.2, -0.15) is 0 Å². The molecule has 1 unspecified atom stereocenters. The Morgan fingerprint density at radius 2 is 1.83 bits per heavy atom. The number of hydrogen-bond donors (Lipinski definition) is 3. The first kappa shape index (κ1) is 22.2. The second kappa shape index (κ2) is 12.6. The molecule has 0 heterocycles. The van der Waals surface area contributed by atoms with Crippen molar-refractivity contribution in [3.63, 3.8) is 0 Å². The van der Waals surface area contributed by atoms with Crippen molar-refractivity contribution < 1.29 is 4.79 Å².